The zero-order valence-corrected chi connectivity index (χ0v) is 11.2. The van der Waals surface area contributed by atoms with Crippen LogP contribution in [0.5, 0.6) is 0 Å². The first kappa shape index (κ1) is 13.2. The van der Waals surface area contributed by atoms with E-state index in [1.807, 2.05) is 6.92 Å². The highest BCUT2D eigenvalue weighted by atomic mass is 16.3. The predicted molar refractivity (Wildman–Crippen MR) is 69.7 cm³/mol. The molecule has 1 heteroatoms. The Morgan fingerprint density at radius 1 is 1.19 bits per heavy atom. The van der Waals surface area contributed by atoms with E-state index in [4.69, 9.17) is 0 Å². The molecule has 0 amide bonds. The topological polar surface area (TPSA) is 20.2 Å². The Kier molecular flexibility index (Phi) is 4.15. The molecule has 0 bridgehead atoms. The summed E-state index contributed by atoms with van der Waals surface area (Å²) in [4.78, 5) is 0. The van der Waals surface area contributed by atoms with Gasteiger partial charge in [0.1, 0.15) is 0 Å². The van der Waals surface area contributed by atoms with Crippen molar-refractivity contribution in [2.45, 2.75) is 53.6 Å². The molecule has 0 radical (unpaired) electrons. The quantitative estimate of drug-likeness (QED) is 0.821. The third-order valence-corrected chi connectivity index (χ3v) is 3.71. The van der Waals surface area contributed by atoms with Gasteiger partial charge in [0.05, 0.1) is 6.10 Å². The van der Waals surface area contributed by atoms with Crippen molar-refractivity contribution in [3.05, 3.63) is 34.9 Å². The van der Waals surface area contributed by atoms with Crippen LogP contribution in [0, 0.1) is 19.3 Å². The fourth-order valence-electron chi connectivity index (χ4n) is 2.21. The maximum atomic E-state index is 9.87. The fourth-order valence-corrected chi connectivity index (χ4v) is 2.21. The Labute approximate surface area is 99.5 Å². The van der Waals surface area contributed by atoms with Crippen molar-refractivity contribution in [2.75, 3.05) is 0 Å². The van der Waals surface area contributed by atoms with Gasteiger partial charge < -0.3 is 5.11 Å². The van der Waals surface area contributed by atoms with Gasteiger partial charge in [0.25, 0.3) is 0 Å². The van der Waals surface area contributed by atoms with E-state index >= 15 is 0 Å². The number of benzene rings is 1. The summed E-state index contributed by atoms with van der Waals surface area (Å²) in [5.74, 6) is 0. The number of aliphatic hydroxyl groups is 1. The Bertz CT molecular complexity index is 334. The van der Waals surface area contributed by atoms with Crippen molar-refractivity contribution in [3.8, 4) is 0 Å². The zero-order chi connectivity index (χ0) is 12.3. The molecule has 0 spiro atoms. The highest BCUT2D eigenvalue weighted by Gasteiger charge is 2.28. The standard InChI is InChI=1S/C15H24O/c1-6-15(5,13(4)16)10-14-8-11(2)7-12(3)9-14/h7-9,13,16H,6,10H2,1-5H3. The second-order valence-electron chi connectivity index (χ2n) is 5.36. The first-order valence-electron chi connectivity index (χ1n) is 6.12. The third kappa shape index (κ3) is 3.08. The summed E-state index contributed by atoms with van der Waals surface area (Å²) in [5, 5.41) is 9.87. The summed E-state index contributed by atoms with van der Waals surface area (Å²) in [6.45, 7) is 10.5. The van der Waals surface area contributed by atoms with E-state index in [-0.39, 0.29) is 11.5 Å². The van der Waals surface area contributed by atoms with E-state index in [0.717, 1.165) is 12.8 Å². The molecule has 0 saturated heterocycles. The fraction of sp³-hybridized carbons (Fsp3) is 0.600. The lowest BCUT2D eigenvalue weighted by Gasteiger charge is -2.31. The van der Waals surface area contributed by atoms with Crippen LogP contribution >= 0.6 is 0 Å². The van der Waals surface area contributed by atoms with Crippen LogP contribution < -0.4 is 0 Å². The van der Waals surface area contributed by atoms with Crippen molar-refractivity contribution in [3.63, 3.8) is 0 Å². The lowest BCUT2D eigenvalue weighted by molar-refractivity contribution is 0.0493. The van der Waals surface area contributed by atoms with Gasteiger partial charge in [-0.05, 0) is 44.6 Å². The molecule has 0 saturated carbocycles. The van der Waals surface area contributed by atoms with Gasteiger partial charge in [-0.3, -0.25) is 0 Å². The summed E-state index contributed by atoms with van der Waals surface area (Å²) in [5.41, 5.74) is 3.93. The highest BCUT2D eigenvalue weighted by molar-refractivity contribution is 5.29. The van der Waals surface area contributed by atoms with E-state index < -0.39 is 0 Å². The largest absolute Gasteiger partial charge is 0.393 e. The van der Waals surface area contributed by atoms with Crippen LogP contribution in [-0.2, 0) is 6.42 Å². The molecule has 0 aliphatic heterocycles. The highest BCUT2D eigenvalue weighted by Crippen LogP contribution is 2.31. The Morgan fingerprint density at radius 3 is 2.06 bits per heavy atom. The molecule has 90 valence electrons. The van der Waals surface area contributed by atoms with E-state index in [0.29, 0.717) is 0 Å². The van der Waals surface area contributed by atoms with Gasteiger partial charge in [0, 0.05) is 0 Å². The van der Waals surface area contributed by atoms with Gasteiger partial charge in [-0.25, -0.2) is 0 Å². The van der Waals surface area contributed by atoms with Crippen molar-refractivity contribution >= 4 is 0 Å². The number of aliphatic hydroxyl groups excluding tert-OH is 1. The molecule has 0 aliphatic carbocycles. The second-order valence-corrected chi connectivity index (χ2v) is 5.36. The van der Waals surface area contributed by atoms with Crippen molar-refractivity contribution < 1.29 is 5.11 Å². The number of hydrogen-bond donors (Lipinski definition) is 1. The minimum absolute atomic E-state index is 0.0137. The molecule has 2 unspecified atom stereocenters. The average molecular weight is 220 g/mol. The number of aryl methyl sites for hydroxylation is 2. The summed E-state index contributed by atoms with van der Waals surface area (Å²) in [6, 6.07) is 6.64. The van der Waals surface area contributed by atoms with Crippen molar-refractivity contribution in [1.82, 2.24) is 0 Å². The molecule has 1 aromatic carbocycles. The van der Waals surface area contributed by atoms with E-state index in [2.05, 4.69) is 45.9 Å². The Balaban J connectivity index is 2.94. The lowest BCUT2D eigenvalue weighted by Crippen LogP contribution is -2.31. The maximum Gasteiger partial charge on any atom is 0.0568 e. The molecular formula is C15H24O. The van der Waals surface area contributed by atoms with Crippen LogP contribution in [-0.4, -0.2) is 11.2 Å². The minimum atomic E-state index is -0.265. The van der Waals surface area contributed by atoms with Gasteiger partial charge in [-0.15, -0.1) is 0 Å². The molecule has 0 aliphatic rings. The van der Waals surface area contributed by atoms with Crippen LogP contribution in [0.2, 0.25) is 0 Å². The van der Waals surface area contributed by atoms with Crippen LogP contribution in [0.25, 0.3) is 0 Å². The van der Waals surface area contributed by atoms with Crippen molar-refractivity contribution in [2.24, 2.45) is 5.41 Å². The zero-order valence-electron chi connectivity index (χ0n) is 11.2. The molecule has 1 N–H and O–H groups in total. The molecule has 1 nitrogen and oxygen atoms in total. The molecule has 0 heterocycles. The first-order valence-corrected chi connectivity index (χ1v) is 6.12. The molecule has 1 rings (SSSR count). The molecule has 1 aromatic rings. The Hall–Kier alpha value is -0.820. The molecule has 0 fully saturated rings. The molecular weight excluding hydrogens is 196 g/mol. The minimum Gasteiger partial charge on any atom is -0.393 e. The van der Waals surface area contributed by atoms with Gasteiger partial charge >= 0.3 is 0 Å². The molecule has 0 aromatic heterocycles. The first-order chi connectivity index (χ1) is 7.37. The monoisotopic (exact) mass is 220 g/mol. The normalized spacial score (nSPS) is 16.9. The number of hydrogen-bond acceptors (Lipinski definition) is 1. The van der Waals surface area contributed by atoms with Gasteiger partial charge in [0.2, 0.25) is 0 Å². The predicted octanol–water partition coefficient (Wildman–Crippen LogP) is 3.64. The third-order valence-electron chi connectivity index (χ3n) is 3.71. The van der Waals surface area contributed by atoms with Crippen LogP contribution in [0.1, 0.15) is 43.9 Å². The van der Waals surface area contributed by atoms with E-state index in [9.17, 15) is 5.11 Å². The maximum absolute atomic E-state index is 9.87. The van der Waals surface area contributed by atoms with Crippen LogP contribution in [0.4, 0.5) is 0 Å². The smallest absolute Gasteiger partial charge is 0.0568 e. The number of rotatable bonds is 4. The van der Waals surface area contributed by atoms with Crippen LogP contribution in [0.15, 0.2) is 18.2 Å². The van der Waals surface area contributed by atoms with Gasteiger partial charge in [0.15, 0.2) is 0 Å². The summed E-state index contributed by atoms with van der Waals surface area (Å²) >= 11 is 0. The molecule has 16 heavy (non-hydrogen) atoms. The van der Waals surface area contributed by atoms with Gasteiger partial charge in [-0.2, -0.15) is 0 Å². The van der Waals surface area contributed by atoms with E-state index in [1.54, 1.807) is 0 Å². The SMILES string of the molecule is CCC(C)(Cc1cc(C)cc(C)c1)C(C)O. The van der Waals surface area contributed by atoms with Crippen LogP contribution in [0.3, 0.4) is 0 Å². The summed E-state index contributed by atoms with van der Waals surface area (Å²) < 4.78 is 0. The van der Waals surface area contributed by atoms with Gasteiger partial charge in [-0.1, -0.05) is 43.2 Å². The lowest BCUT2D eigenvalue weighted by atomic mass is 9.76. The summed E-state index contributed by atoms with van der Waals surface area (Å²) in [7, 11) is 0. The average Bonchev–Trinajstić information content (AvgIpc) is 2.15. The second kappa shape index (κ2) is 5.01. The summed E-state index contributed by atoms with van der Waals surface area (Å²) in [6.07, 6.45) is 1.68. The molecule has 2 atom stereocenters. The van der Waals surface area contributed by atoms with E-state index in [1.165, 1.54) is 16.7 Å². The van der Waals surface area contributed by atoms with Crippen molar-refractivity contribution in [1.29, 1.82) is 0 Å². The Morgan fingerprint density at radius 2 is 1.69 bits per heavy atom.